The summed E-state index contributed by atoms with van der Waals surface area (Å²) in [5.41, 5.74) is 2.51. The summed E-state index contributed by atoms with van der Waals surface area (Å²) in [6.07, 6.45) is 0. The van der Waals surface area contributed by atoms with Crippen LogP contribution in [-0.4, -0.2) is 31.1 Å². The van der Waals surface area contributed by atoms with Crippen LogP contribution in [0.15, 0.2) is 46.9 Å². The third-order valence-corrected chi connectivity index (χ3v) is 3.34. The summed E-state index contributed by atoms with van der Waals surface area (Å²) in [7, 11) is 2.64. The Morgan fingerprint density at radius 3 is 2.35 bits per heavy atom. The molecule has 23 heavy (non-hydrogen) atoms. The molecule has 0 N–H and O–H groups in total. The Labute approximate surface area is 131 Å². The lowest BCUT2D eigenvalue weighted by Crippen LogP contribution is -2.00. The highest BCUT2D eigenvalue weighted by atomic mass is 16.5. The Balaban J connectivity index is 2.03. The maximum atomic E-state index is 11.6. The third kappa shape index (κ3) is 2.78. The van der Waals surface area contributed by atoms with E-state index in [0.29, 0.717) is 33.7 Å². The number of carbonyl (C=O) groups is 2. The van der Waals surface area contributed by atoms with Crippen molar-refractivity contribution in [2.45, 2.75) is 0 Å². The number of nitrogens with zero attached hydrogens (tertiary/aromatic N) is 1. The Kier molecular flexibility index (Phi) is 3.80. The maximum Gasteiger partial charge on any atom is 0.337 e. The van der Waals surface area contributed by atoms with Gasteiger partial charge in [0.15, 0.2) is 5.58 Å². The molecule has 0 aliphatic heterocycles. The quantitative estimate of drug-likeness (QED) is 0.692. The predicted molar refractivity (Wildman–Crippen MR) is 82.1 cm³/mol. The summed E-state index contributed by atoms with van der Waals surface area (Å²) >= 11 is 0. The maximum absolute atomic E-state index is 11.6. The number of methoxy groups -OCH3 is 2. The first kappa shape index (κ1) is 14.8. The molecule has 0 saturated carbocycles. The lowest BCUT2D eigenvalue weighted by atomic mass is 10.1. The zero-order valence-electron chi connectivity index (χ0n) is 12.5. The summed E-state index contributed by atoms with van der Waals surface area (Å²) in [5.74, 6) is -0.521. The van der Waals surface area contributed by atoms with Crippen molar-refractivity contribution in [3.63, 3.8) is 0 Å². The largest absolute Gasteiger partial charge is 0.465 e. The lowest BCUT2D eigenvalue weighted by molar-refractivity contribution is 0.0592. The van der Waals surface area contributed by atoms with Crippen molar-refractivity contribution in [2.24, 2.45) is 0 Å². The summed E-state index contributed by atoms with van der Waals surface area (Å²) in [4.78, 5) is 27.5. The monoisotopic (exact) mass is 311 g/mol. The van der Waals surface area contributed by atoms with E-state index in [1.807, 2.05) is 0 Å². The fourth-order valence-electron chi connectivity index (χ4n) is 2.19. The number of aromatic nitrogens is 1. The minimum absolute atomic E-state index is 0.354. The van der Waals surface area contributed by atoms with Crippen LogP contribution in [0.4, 0.5) is 0 Å². The first-order chi connectivity index (χ1) is 11.1. The molecule has 0 unspecified atom stereocenters. The SMILES string of the molecule is COC(=O)c1cccc(-c2nc3cc(C(=O)OC)ccc3o2)c1. The third-order valence-electron chi connectivity index (χ3n) is 3.34. The molecule has 1 heterocycles. The van der Waals surface area contributed by atoms with E-state index in [2.05, 4.69) is 9.72 Å². The van der Waals surface area contributed by atoms with E-state index in [0.717, 1.165) is 0 Å². The minimum atomic E-state index is -0.441. The smallest absolute Gasteiger partial charge is 0.337 e. The number of oxazole rings is 1. The van der Waals surface area contributed by atoms with E-state index >= 15 is 0 Å². The van der Waals surface area contributed by atoms with E-state index < -0.39 is 11.9 Å². The van der Waals surface area contributed by atoms with E-state index in [1.54, 1.807) is 42.5 Å². The molecule has 0 spiro atoms. The highest BCUT2D eigenvalue weighted by Crippen LogP contribution is 2.26. The van der Waals surface area contributed by atoms with Gasteiger partial charge in [0.2, 0.25) is 5.89 Å². The average molecular weight is 311 g/mol. The van der Waals surface area contributed by atoms with E-state index in [9.17, 15) is 9.59 Å². The van der Waals surface area contributed by atoms with Crippen molar-refractivity contribution in [1.29, 1.82) is 0 Å². The number of esters is 2. The Bertz CT molecular complexity index is 897. The second-order valence-corrected chi connectivity index (χ2v) is 4.77. The zero-order valence-corrected chi connectivity index (χ0v) is 12.5. The van der Waals surface area contributed by atoms with Gasteiger partial charge in [-0.1, -0.05) is 6.07 Å². The second-order valence-electron chi connectivity index (χ2n) is 4.77. The molecule has 1 aromatic heterocycles. The molecule has 2 aromatic carbocycles. The first-order valence-electron chi connectivity index (χ1n) is 6.80. The van der Waals surface area contributed by atoms with Crippen molar-refractivity contribution in [1.82, 2.24) is 4.98 Å². The van der Waals surface area contributed by atoms with E-state index in [1.165, 1.54) is 14.2 Å². The second kappa shape index (κ2) is 5.92. The molecule has 0 bridgehead atoms. The van der Waals surface area contributed by atoms with Gasteiger partial charge in [-0.3, -0.25) is 0 Å². The van der Waals surface area contributed by atoms with Crippen LogP contribution in [-0.2, 0) is 9.47 Å². The summed E-state index contributed by atoms with van der Waals surface area (Å²) < 4.78 is 15.1. The topological polar surface area (TPSA) is 78.6 Å². The van der Waals surface area contributed by atoms with Crippen LogP contribution in [0.25, 0.3) is 22.6 Å². The average Bonchev–Trinajstić information content (AvgIpc) is 3.03. The standard InChI is InChI=1S/C17H13NO5/c1-21-16(19)11-5-3-4-10(8-11)15-18-13-9-12(17(20)22-2)6-7-14(13)23-15/h3-9H,1-2H3. The Hall–Kier alpha value is -3.15. The number of ether oxygens (including phenoxy) is 2. The van der Waals surface area contributed by atoms with Gasteiger partial charge in [0.05, 0.1) is 25.3 Å². The van der Waals surface area contributed by atoms with Crippen LogP contribution in [0.5, 0.6) is 0 Å². The van der Waals surface area contributed by atoms with Crippen LogP contribution in [0.1, 0.15) is 20.7 Å². The van der Waals surface area contributed by atoms with Crippen molar-refractivity contribution in [2.75, 3.05) is 14.2 Å². The summed E-state index contributed by atoms with van der Waals surface area (Å²) in [5, 5.41) is 0. The molecule has 0 aliphatic carbocycles. The van der Waals surface area contributed by atoms with Crippen LogP contribution < -0.4 is 0 Å². The summed E-state index contributed by atoms with van der Waals surface area (Å²) in [6.45, 7) is 0. The molecule has 3 rings (SSSR count). The summed E-state index contributed by atoms with van der Waals surface area (Å²) in [6, 6.07) is 11.6. The van der Waals surface area contributed by atoms with Crippen molar-refractivity contribution >= 4 is 23.0 Å². The normalized spacial score (nSPS) is 10.5. The molecule has 0 atom stereocenters. The van der Waals surface area contributed by atoms with Gasteiger partial charge in [-0.15, -0.1) is 0 Å². The molecule has 116 valence electrons. The molecule has 0 fully saturated rings. The molecule has 6 heteroatoms. The van der Waals surface area contributed by atoms with Gasteiger partial charge in [0, 0.05) is 5.56 Å². The van der Waals surface area contributed by atoms with Gasteiger partial charge in [0.1, 0.15) is 5.52 Å². The lowest BCUT2D eigenvalue weighted by Gasteiger charge is -2.00. The van der Waals surface area contributed by atoms with Gasteiger partial charge >= 0.3 is 11.9 Å². The van der Waals surface area contributed by atoms with Gasteiger partial charge in [-0.05, 0) is 36.4 Å². The highest BCUT2D eigenvalue weighted by molar-refractivity contribution is 5.94. The first-order valence-corrected chi connectivity index (χ1v) is 6.80. The number of benzene rings is 2. The predicted octanol–water partition coefficient (Wildman–Crippen LogP) is 3.07. The number of hydrogen-bond acceptors (Lipinski definition) is 6. The van der Waals surface area contributed by atoms with Crippen molar-refractivity contribution in [3.8, 4) is 11.5 Å². The number of fused-ring (bicyclic) bond motifs is 1. The van der Waals surface area contributed by atoms with Crippen LogP contribution in [0, 0.1) is 0 Å². The van der Waals surface area contributed by atoms with E-state index in [4.69, 9.17) is 9.15 Å². The van der Waals surface area contributed by atoms with E-state index in [-0.39, 0.29) is 0 Å². The molecular weight excluding hydrogens is 298 g/mol. The van der Waals surface area contributed by atoms with Gasteiger partial charge in [0.25, 0.3) is 0 Å². The molecule has 0 aliphatic rings. The molecule has 0 amide bonds. The molecule has 3 aromatic rings. The molecule has 0 radical (unpaired) electrons. The Morgan fingerprint density at radius 1 is 0.957 bits per heavy atom. The van der Waals surface area contributed by atoms with Gasteiger partial charge < -0.3 is 13.9 Å². The molecule has 0 saturated heterocycles. The van der Waals surface area contributed by atoms with Crippen LogP contribution >= 0.6 is 0 Å². The van der Waals surface area contributed by atoms with Gasteiger partial charge in [-0.25, -0.2) is 14.6 Å². The fraction of sp³-hybridized carbons (Fsp3) is 0.118. The van der Waals surface area contributed by atoms with Crippen LogP contribution in [0.2, 0.25) is 0 Å². The molecule has 6 nitrogen and oxygen atoms in total. The fourth-order valence-corrected chi connectivity index (χ4v) is 2.19. The number of hydrogen-bond donors (Lipinski definition) is 0. The van der Waals surface area contributed by atoms with Crippen molar-refractivity contribution in [3.05, 3.63) is 53.6 Å². The molecular formula is C17H13NO5. The highest BCUT2D eigenvalue weighted by Gasteiger charge is 2.13. The Morgan fingerprint density at radius 2 is 1.65 bits per heavy atom. The number of rotatable bonds is 3. The number of carbonyl (C=O) groups excluding carboxylic acids is 2. The van der Waals surface area contributed by atoms with Gasteiger partial charge in [-0.2, -0.15) is 0 Å². The van der Waals surface area contributed by atoms with Crippen molar-refractivity contribution < 1.29 is 23.5 Å². The minimum Gasteiger partial charge on any atom is -0.465 e. The zero-order chi connectivity index (χ0) is 16.4. The van der Waals surface area contributed by atoms with Crippen LogP contribution in [0.3, 0.4) is 0 Å².